The van der Waals surface area contributed by atoms with Crippen LogP contribution in [0, 0.1) is 29.4 Å². The highest BCUT2D eigenvalue weighted by atomic mass is 35.5. The first kappa shape index (κ1) is 51.1. The van der Waals surface area contributed by atoms with Crippen LogP contribution in [-0.4, -0.2) is 82.7 Å². The molecule has 0 radical (unpaired) electrons. The van der Waals surface area contributed by atoms with Crippen molar-refractivity contribution >= 4 is 60.0 Å². The Morgan fingerprint density at radius 3 is 2.16 bits per heavy atom. The first-order valence-electron chi connectivity index (χ1n) is 20.2. The highest BCUT2D eigenvalue weighted by Crippen LogP contribution is 2.68. The molecule has 14 nitrogen and oxygen atoms in total. The van der Waals surface area contributed by atoms with Gasteiger partial charge in [-0.3, -0.25) is 19.0 Å². The van der Waals surface area contributed by atoms with E-state index in [1.165, 1.54) is 13.8 Å². The molecule has 1 fully saturated rings. The molecule has 3 aromatic heterocycles. The number of alkyl halides is 8. The molecule has 3 heterocycles. The number of nitrogens with two attached hydrogens (primary N) is 1. The molecule has 4 atom stereocenters. The number of nitrogens with one attached hydrogen (secondary N) is 1. The number of aromatic nitrogens is 5. The molecule has 69 heavy (non-hydrogen) atoms. The van der Waals surface area contributed by atoms with Crippen molar-refractivity contribution in [3.8, 4) is 23.0 Å². The van der Waals surface area contributed by atoms with E-state index in [2.05, 4.69) is 32.3 Å². The minimum atomic E-state index is -5.22. The van der Waals surface area contributed by atoms with E-state index in [4.69, 9.17) is 17.3 Å². The molecule has 2 aliphatic carbocycles. The number of pyridine rings is 1. The van der Waals surface area contributed by atoms with Crippen LogP contribution in [0.5, 0.6) is 0 Å². The number of hydrogen-bond donors (Lipinski definition) is 2. The topological polar surface area (TPSA) is 192 Å². The fourth-order valence-electron chi connectivity index (χ4n) is 8.01. The second-order valence-corrected chi connectivity index (χ2v) is 22.0. The number of rotatable bonds is 12. The van der Waals surface area contributed by atoms with Gasteiger partial charge in [0.15, 0.2) is 21.3 Å². The Morgan fingerprint density at radius 1 is 0.971 bits per heavy atom. The predicted octanol–water partition coefficient (Wildman–Crippen LogP) is 6.93. The van der Waals surface area contributed by atoms with Crippen molar-refractivity contribution in [3.63, 3.8) is 0 Å². The zero-order valence-electron chi connectivity index (χ0n) is 36.4. The Kier molecular flexibility index (Phi) is 12.8. The highest BCUT2D eigenvalue weighted by molar-refractivity contribution is 7.93. The van der Waals surface area contributed by atoms with Gasteiger partial charge in [0.05, 0.1) is 40.0 Å². The molecular formula is C42H37ClF10N8O6S2. The monoisotopic (exact) mass is 1040 g/mol. The summed E-state index contributed by atoms with van der Waals surface area (Å²) in [5.74, 6) is -7.30. The molecule has 2 aromatic carbocycles. The van der Waals surface area contributed by atoms with E-state index in [1.807, 2.05) is 0 Å². The summed E-state index contributed by atoms with van der Waals surface area (Å²) in [5.41, 5.74) is -0.0745. The Labute approximate surface area is 391 Å². The van der Waals surface area contributed by atoms with Crippen LogP contribution in [0.3, 0.4) is 0 Å². The van der Waals surface area contributed by atoms with Gasteiger partial charge in [-0.25, -0.2) is 30.6 Å². The van der Waals surface area contributed by atoms with Gasteiger partial charge >= 0.3 is 12.4 Å². The lowest BCUT2D eigenvalue weighted by atomic mass is 9.93. The average Bonchev–Trinajstić information content (AvgIpc) is 3.71. The lowest BCUT2D eigenvalue weighted by Crippen LogP contribution is -2.45. The zero-order valence-corrected chi connectivity index (χ0v) is 38.8. The van der Waals surface area contributed by atoms with Gasteiger partial charge in [0.2, 0.25) is 15.9 Å². The Hall–Kier alpha value is -5.78. The van der Waals surface area contributed by atoms with E-state index < -0.39 is 154 Å². The highest BCUT2D eigenvalue weighted by Gasteiger charge is 2.68. The molecule has 5 aromatic rings. The van der Waals surface area contributed by atoms with Crippen molar-refractivity contribution in [1.82, 2.24) is 29.9 Å². The number of benzene rings is 2. The van der Waals surface area contributed by atoms with E-state index in [9.17, 15) is 61.5 Å². The second kappa shape index (κ2) is 17.3. The van der Waals surface area contributed by atoms with Gasteiger partial charge in [-0.05, 0) is 81.3 Å². The van der Waals surface area contributed by atoms with E-state index >= 15 is 8.78 Å². The third-order valence-electron chi connectivity index (χ3n) is 11.4. The average molecular weight is 1040 g/mol. The lowest BCUT2D eigenvalue weighted by molar-refractivity contribution is -0.143. The Bertz CT molecular complexity index is 3230. The molecule has 0 bridgehead atoms. The van der Waals surface area contributed by atoms with Gasteiger partial charge in [-0.1, -0.05) is 23.6 Å². The largest absolute Gasteiger partial charge is 0.435 e. The van der Waals surface area contributed by atoms with Gasteiger partial charge in [-0.2, -0.15) is 49.6 Å². The number of fused-ring (bicyclic) bond motifs is 4. The van der Waals surface area contributed by atoms with Gasteiger partial charge in [0.25, 0.3) is 11.8 Å². The van der Waals surface area contributed by atoms with Crippen LogP contribution < -0.4 is 15.4 Å². The number of nitrogens with zero attached hydrogens (tertiary/aromatic N) is 6. The third kappa shape index (κ3) is 10.00. The number of amides is 2. The molecule has 2 aliphatic rings. The minimum Gasteiger partial charge on any atom is -0.346 e. The molecule has 27 heteroatoms. The number of carbonyl (C=O) groups is 2. The summed E-state index contributed by atoms with van der Waals surface area (Å²) in [7, 11) is -8.64. The van der Waals surface area contributed by atoms with Crippen molar-refractivity contribution in [2.75, 3.05) is 16.8 Å². The number of sulfone groups is 1. The van der Waals surface area contributed by atoms with E-state index in [0.29, 0.717) is 12.3 Å². The molecule has 3 N–H and O–H groups in total. The van der Waals surface area contributed by atoms with Gasteiger partial charge in [-0.15, -0.1) is 0 Å². The molecule has 0 aliphatic heterocycles. The van der Waals surface area contributed by atoms with Crippen LogP contribution >= 0.6 is 11.6 Å². The molecule has 370 valence electrons. The van der Waals surface area contributed by atoms with Crippen LogP contribution in [0.1, 0.15) is 73.1 Å². The summed E-state index contributed by atoms with van der Waals surface area (Å²) < 4.78 is 197. The van der Waals surface area contributed by atoms with E-state index in [0.717, 1.165) is 49.6 Å². The number of sulfonamides is 1. The van der Waals surface area contributed by atoms with Crippen LogP contribution in [-0.2, 0) is 61.1 Å². The van der Waals surface area contributed by atoms with Crippen LogP contribution in [0.25, 0.3) is 22.0 Å². The van der Waals surface area contributed by atoms with Crippen molar-refractivity contribution in [2.24, 2.45) is 11.7 Å². The molecule has 7 rings (SSSR count). The van der Waals surface area contributed by atoms with Crippen molar-refractivity contribution in [1.29, 1.82) is 0 Å². The van der Waals surface area contributed by atoms with Crippen LogP contribution in [0.2, 0.25) is 5.02 Å². The number of carbonyl (C=O) groups excluding carboxylic acids is 2. The van der Waals surface area contributed by atoms with Crippen molar-refractivity contribution < 1.29 is 70.3 Å². The molecule has 0 saturated heterocycles. The van der Waals surface area contributed by atoms with Crippen LogP contribution in [0.4, 0.5) is 49.7 Å². The smallest absolute Gasteiger partial charge is 0.346 e. The summed E-state index contributed by atoms with van der Waals surface area (Å²) in [4.78, 5) is 32.0. The van der Waals surface area contributed by atoms with Crippen molar-refractivity contribution in [3.05, 3.63) is 93.0 Å². The van der Waals surface area contributed by atoms with Gasteiger partial charge in [0.1, 0.15) is 40.9 Å². The van der Waals surface area contributed by atoms with Crippen LogP contribution in [0.15, 0.2) is 42.5 Å². The quantitative estimate of drug-likeness (QED) is 0.0979. The molecular weight excluding hydrogens is 1000 g/mol. The molecule has 1 unspecified atom stereocenters. The number of hydrogen-bond acceptors (Lipinski definition) is 10. The van der Waals surface area contributed by atoms with Crippen molar-refractivity contribution in [2.45, 2.75) is 87.7 Å². The minimum absolute atomic E-state index is 0.0503. The first-order valence-corrected chi connectivity index (χ1v) is 24.3. The lowest BCUT2D eigenvalue weighted by Gasteiger charge is -2.23. The maximum Gasteiger partial charge on any atom is 0.435 e. The number of anilines is 1. The first-order chi connectivity index (χ1) is 31.6. The van der Waals surface area contributed by atoms with Gasteiger partial charge < -0.3 is 11.1 Å². The normalized spacial score (nSPS) is 17.7. The summed E-state index contributed by atoms with van der Waals surface area (Å²) >= 11 is 6.58. The number of halogens is 11. The second-order valence-electron chi connectivity index (χ2n) is 17.2. The van der Waals surface area contributed by atoms with Gasteiger partial charge in [0, 0.05) is 34.9 Å². The molecule has 1 saturated carbocycles. The molecule has 2 amide bonds. The fraction of sp³-hybridized carbons (Fsp3) is 0.405. The third-order valence-corrected chi connectivity index (χ3v) is 14.7. The SMILES string of the molecule is C[C@@H](N)C(=O)N(c1nn(CC(F)(F)F)c2c(-c3ccc(C#CC(C)(C)S(C)(=O)=O)nc3[C@H](Cc3cc(F)cc(F)c3)NC(=O)Cn3nc(C(F)(F)F)c4c3C(F)(F)C3C[C@H]43)ccc(Cl)c12)S(C)(=O)=O. The van der Waals surface area contributed by atoms with E-state index in [-0.39, 0.29) is 42.5 Å². The fourth-order valence-corrected chi connectivity index (χ4v) is 9.42. The maximum atomic E-state index is 15.5. The maximum absolute atomic E-state index is 15.5. The summed E-state index contributed by atoms with van der Waals surface area (Å²) in [6.45, 7) is 0.311. The summed E-state index contributed by atoms with van der Waals surface area (Å²) in [5, 5.41) is 8.66. The summed E-state index contributed by atoms with van der Waals surface area (Å²) in [6.07, 6.45) is -9.87. The standard InChI is InChI=1S/C42H37ClF10N8O6S2/c1-19(54)38(63)61(69(5,66)67)37-32-28(43)9-8-25(34(32)60(58-37)18-40(46,47)48)24-7-6-23(10-11-39(2,3)68(4,64)65)55-33(24)29(14-20-12-21(44)15-22(45)13-20)56-30(62)17-59-36-31(35(57-59)42(51,52)53)26-16-27(26)41(36,49)50/h6-9,12-13,15,19,26-27,29H,14,16-18,54H2,1-5H3,(H,56,62)/t19-,26+,27?,29+/m1/s1. The summed E-state index contributed by atoms with van der Waals surface area (Å²) in [6, 6.07) is 3.24. The Balaban J connectivity index is 1.49. The predicted molar refractivity (Wildman–Crippen MR) is 229 cm³/mol. The molecule has 0 spiro atoms. The zero-order chi connectivity index (χ0) is 51.3. The Morgan fingerprint density at radius 2 is 1.59 bits per heavy atom. The van der Waals surface area contributed by atoms with E-state index in [1.54, 1.807) is 0 Å².